The number of unbranched alkanes of at least 4 members (excludes halogenated alkanes) is 1. The Morgan fingerprint density at radius 3 is 2.68 bits per heavy atom. The molecule has 1 saturated heterocycles. The number of fused-ring (bicyclic) bond motifs is 2. The van der Waals surface area contributed by atoms with Crippen molar-refractivity contribution in [2.45, 2.75) is 39.5 Å². The van der Waals surface area contributed by atoms with Crippen LogP contribution in [0.15, 0.2) is 30.7 Å². The predicted octanol–water partition coefficient (Wildman–Crippen LogP) is 4.63. The Kier molecular flexibility index (Phi) is 7.30. The van der Waals surface area contributed by atoms with Crippen molar-refractivity contribution in [1.82, 2.24) is 19.3 Å². The number of amides is 3. The summed E-state index contributed by atoms with van der Waals surface area (Å²) in [6.07, 6.45) is 4.17. The number of nitrogens with one attached hydrogen (secondary N) is 1. The number of pyridine rings is 2. The Balaban J connectivity index is 1.29. The molecule has 3 amide bonds. The standard InChI is InChI=1S/C26H31F2N7O3/c1-3-4-13-38-26(37)33-11-9-32(10-12-33)21-5-7-29-24-18(21)6-8-35(24)25(36)31-20-16-34-15-17(2)30-22(34)14-19(20)23(27)28/h5,7,14-16,23H,3-4,6,8-13H2,1-2H3,(H,31,36). The summed E-state index contributed by atoms with van der Waals surface area (Å²) in [5, 5.41) is 2.66. The van der Waals surface area contributed by atoms with E-state index in [-0.39, 0.29) is 17.3 Å². The number of nitrogens with zero attached hydrogens (tertiary/aromatic N) is 6. The lowest BCUT2D eigenvalue weighted by Gasteiger charge is -2.36. The number of rotatable bonds is 6. The number of halogens is 2. The predicted molar refractivity (Wildman–Crippen MR) is 139 cm³/mol. The zero-order valence-electron chi connectivity index (χ0n) is 21.5. The van der Waals surface area contributed by atoms with Crippen LogP contribution in [0.4, 0.5) is 35.6 Å². The second-order valence-electron chi connectivity index (χ2n) is 9.50. The SMILES string of the molecule is CCCCOC(=O)N1CCN(c2ccnc3c2CCN3C(=O)Nc2cn3cc(C)nc3cc2C(F)F)CC1. The summed E-state index contributed by atoms with van der Waals surface area (Å²) in [7, 11) is 0. The maximum absolute atomic E-state index is 13.8. The molecule has 0 unspecified atom stereocenters. The quantitative estimate of drug-likeness (QED) is 0.470. The average molecular weight is 528 g/mol. The first-order chi connectivity index (χ1) is 18.4. The van der Waals surface area contributed by atoms with Crippen molar-refractivity contribution < 1.29 is 23.1 Å². The highest BCUT2D eigenvalue weighted by atomic mass is 19.3. The molecule has 0 bridgehead atoms. The van der Waals surface area contributed by atoms with Gasteiger partial charge in [0, 0.05) is 68.1 Å². The third-order valence-corrected chi connectivity index (χ3v) is 6.92. The number of imidazole rings is 1. The van der Waals surface area contributed by atoms with Gasteiger partial charge in [0.2, 0.25) is 0 Å². The van der Waals surface area contributed by atoms with E-state index in [0.717, 1.165) is 24.1 Å². The fourth-order valence-corrected chi connectivity index (χ4v) is 4.94. The molecule has 0 spiro atoms. The molecule has 0 saturated carbocycles. The minimum Gasteiger partial charge on any atom is -0.449 e. The molecule has 2 aliphatic rings. The lowest BCUT2D eigenvalue weighted by Crippen LogP contribution is -2.49. The van der Waals surface area contributed by atoms with Crippen molar-refractivity contribution in [3.05, 3.63) is 47.5 Å². The Morgan fingerprint density at radius 1 is 1.16 bits per heavy atom. The Bertz CT molecular complexity index is 1340. The second kappa shape index (κ2) is 10.8. The van der Waals surface area contributed by atoms with Gasteiger partial charge in [0.15, 0.2) is 0 Å². The number of anilines is 3. The molecule has 0 atom stereocenters. The number of aryl methyl sites for hydroxylation is 1. The average Bonchev–Trinajstić information content (AvgIpc) is 3.50. The van der Waals surface area contributed by atoms with E-state index in [9.17, 15) is 18.4 Å². The van der Waals surface area contributed by atoms with Crippen LogP contribution in [0.3, 0.4) is 0 Å². The van der Waals surface area contributed by atoms with Crippen LogP contribution in [0.25, 0.3) is 5.65 Å². The van der Waals surface area contributed by atoms with Crippen molar-refractivity contribution in [1.29, 1.82) is 0 Å². The fraction of sp³-hybridized carbons (Fsp3) is 0.462. The number of aromatic nitrogens is 3. The van der Waals surface area contributed by atoms with Gasteiger partial charge in [-0.05, 0) is 31.9 Å². The molecule has 2 aliphatic heterocycles. The van der Waals surface area contributed by atoms with E-state index in [0.29, 0.717) is 62.9 Å². The zero-order valence-corrected chi connectivity index (χ0v) is 21.5. The number of hydrogen-bond donors (Lipinski definition) is 1. The molecule has 0 aliphatic carbocycles. The lowest BCUT2D eigenvalue weighted by atomic mass is 10.1. The molecule has 12 heteroatoms. The molecule has 3 aromatic heterocycles. The first-order valence-electron chi connectivity index (χ1n) is 12.9. The van der Waals surface area contributed by atoms with E-state index in [1.54, 1.807) is 28.6 Å². The normalized spacial score (nSPS) is 15.3. The van der Waals surface area contributed by atoms with Gasteiger partial charge >= 0.3 is 12.1 Å². The summed E-state index contributed by atoms with van der Waals surface area (Å²) < 4.78 is 34.5. The molecule has 3 aromatic rings. The number of carbonyl (C=O) groups excluding carboxylic acids is 2. The van der Waals surface area contributed by atoms with Gasteiger partial charge in [-0.15, -0.1) is 0 Å². The maximum Gasteiger partial charge on any atom is 0.409 e. The van der Waals surface area contributed by atoms with Crippen molar-refractivity contribution in [3.63, 3.8) is 0 Å². The molecule has 1 fully saturated rings. The number of piperazine rings is 1. The van der Waals surface area contributed by atoms with E-state index in [1.165, 1.54) is 17.2 Å². The summed E-state index contributed by atoms with van der Waals surface area (Å²) in [5.74, 6) is 0.513. The molecular weight excluding hydrogens is 496 g/mol. The van der Waals surface area contributed by atoms with Gasteiger partial charge in [0.25, 0.3) is 6.43 Å². The van der Waals surface area contributed by atoms with Crippen LogP contribution in [0.2, 0.25) is 0 Å². The number of hydrogen-bond acceptors (Lipinski definition) is 6. The molecule has 202 valence electrons. The number of ether oxygens (including phenoxy) is 1. The van der Waals surface area contributed by atoms with Gasteiger partial charge in [0.05, 0.1) is 18.0 Å². The van der Waals surface area contributed by atoms with Crippen LogP contribution in [0, 0.1) is 6.92 Å². The summed E-state index contributed by atoms with van der Waals surface area (Å²) in [6, 6.07) is 2.69. The van der Waals surface area contributed by atoms with Gasteiger partial charge < -0.3 is 24.3 Å². The molecular formula is C26H31F2N7O3. The third-order valence-electron chi connectivity index (χ3n) is 6.92. The highest BCUT2D eigenvalue weighted by Crippen LogP contribution is 2.35. The van der Waals surface area contributed by atoms with Gasteiger partial charge in [-0.2, -0.15) is 0 Å². The van der Waals surface area contributed by atoms with Crippen molar-refractivity contribution in [3.8, 4) is 0 Å². The van der Waals surface area contributed by atoms with E-state index in [1.807, 2.05) is 13.0 Å². The first-order valence-corrected chi connectivity index (χ1v) is 12.9. The van der Waals surface area contributed by atoms with E-state index >= 15 is 0 Å². The van der Waals surface area contributed by atoms with Crippen LogP contribution in [-0.4, -0.2) is 70.7 Å². The molecule has 10 nitrogen and oxygen atoms in total. The molecule has 5 rings (SSSR count). The van der Waals surface area contributed by atoms with Crippen molar-refractivity contribution in [2.75, 3.05) is 54.4 Å². The Labute approximate surface area is 219 Å². The van der Waals surface area contributed by atoms with Crippen LogP contribution >= 0.6 is 0 Å². The lowest BCUT2D eigenvalue weighted by molar-refractivity contribution is 0.0989. The number of alkyl halides is 2. The van der Waals surface area contributed by atoms with Gasteiger partial charge in [-0.1, -0.05) is 13.3 Å². The fourth-order valence-electron chi connectivity index (χ4n) is 4.94. The Hall–Kier alpha value is -3.96. The largest absolute Gasteiger partial charge is 0.449 e. The highest BCUT2D eigenvalue weighted by Gasteiger charge is 2.32. The molecule has 5 heterocycles. The van der Waals surface area contributed by atoms with Crippen molar-refractivity contribution >= 4 is 35.0 Å². The van der Waals surface area contributed by atoms with Crippen LogP contribution in [0.5, 0.6) is 0 Å². The molecule has 0 aromatic carbocycles. The summed E-state index contributed by atoms with van der Waals surface area (Å²) >= 11 is 0. The summed E-state index contributed by atoms with van der Waals surface area (Å²) in [6.45, 7) is 6.98. The molecule has 1 N–H and O–H groups in total. The zero-order chi connectivity index (χ0) is 26.8. The van der Waals surface area contributed by atoms with Gasteiger partial charge in [-0.25, -0.2) is 28.3 Å². The maximum atomic E-state index is 13.8. The second-order valence-corrected chi connectivity index (χ2v) is 9.50. The highest BCUT2D eigenvalue weighted by molar-refractivity contribution is 6.03. The van der Waals surface area contributed by atoms with E-state index in [2.05, 4.69) is 20.2 Å². The smallest absolute Gasteiger partial charge is 0.409 e. The summed E-state index contributed by atoms with van der Waals surface area (Å²) in [4.78, 5) is 39.6. The van der Waals surface area contributed by atoms with E-state index < -0.39 is 12.5 Å². The molecule has 0 radical (unpaired) electrons. The van der Waals surface area contributed by atoms with Crippen LogP contribution in [-0.2, 0) is 11.2 Å². The third kappa shape index (κ3) is 5.07. The summed E-state index contributed by atoms with van der Waals surface area (Å²) in [5.41, 5.74) is 2.71. The molecule has 38 heavy (non-hydrogen) atoms. The Morgan fingerprint density at radius 2 is 1.95 bits per heavy atom. The van der Waals surface area contributed by atoms with Crippen LogP contribution < -0.4 is 15.1 Å². The first kappa shape index (κ1) is 25.7. The monoisotopic (exact) mass is 527 g/mol. The van der Waals surface area contributed by atoms with Gasteiger partial charge in [0.1, 0.15) is 11.5 Å². The van der Waals surface area contributed by atoms with Gasteiger partial charge in [-0.3, -0.25) is 4.90 Å². The topological polar surface area (TPSA) is 95.3 Å². The van der Waals surface area contributed by atoms with Crippen molar-refractivity contribution in [2.24, 2.45) is 0 Å². The van der Waals surface area contributed by atoms with Crippen LogP contribution in [0.1, 0.15) is 43.0 Å². The minimum absolute atomic E-state index is 0.0291. The number of carbonyl (C=O) groups is 2. The minimum atomic E-state index is -2.77. The van der Waals surface area contributed by atoms with E-state index in [4.69, 9.17) is 4.74 Å². The number of urea groups is 1.